The fourth-order valence-corrected chi connectivity index (χ4v) is 0.946. The van der Waals surface area contributed by atoms with Gasteiger partial charge in [0.2, 0.25) is 0 Å². The Morgan fingerprint density at radius 2 is 1.79 bits per heavy atom. The average Bonchev–Trinajstić information content (AvgIpc) is 2.17. The van der Waals surface area contributed by atoms with Gasteiger partial charge in [-0.1, -0.05) is 0 Å². The van der Waals surface area contributed by atoms with Gasteiger partial charge in [-0.15, -0.1) is 5.06 Å². The van der Waals surface area contributed by atoms with Crippen molar-refractivity contribution in [2.75, 3.05) is 21.2 Å². The summed E-state index contributed by atoms with van der Waals surface area (Å²) in [5, 5.41) is 1.35. The van der Waals surface area contributed by atoms with Gasteiger partial charge in [0.1, 0.15) is 5.75 Å². The number of benzene rings is 1. The predicted octanol–water partition coefficient (Wildman–Crippen LogP) is 1.33. The number of hydrogen-bond donors (Lipinski definition) is 0. The van der Waals surface area contributed by atoms with Crippen LogP contribution in [0.2, 0.25) is 0 Å². The molecule has 14 heavy (non-hydrogen) atoms. The third kappa shape index (κ3) is 2.74. The van der Waals surface area contributed by atoms with Gasteiger partial charge in [-0.05, 0) is 24.3 Å². The van der Waals surface area contributed by atoms with Crippen LogP contribution >= 0.6 is 0 Å². The number of methoxy groups -OCH3 is 1. The van der Waals surface area contributed by atoms with E-state index < -0.39 is 0 Å². The number of nitrogens with zero attached hydrogens (tertiary/aromatic N) is 1. The van der Waals surface area contributed by atoms with Crippen LogP contribution in [-0.4, -0.2) is 32.2 Å². The molecule has 1 aromatic rings. The first-order valence-electron chi connectivity index (χ1n) is 4.17. The van der Waals surface area contributed by atoms with Crippen LogP contribution in [0.1, 0.15) is 10.4 Å². The molecule has 0 aliphatic carbocycles. The second-order valence-electron chi connectivity index (χ2n) is 2.92. The Labute approximate surface area is 83.0 Å². The molecule has 0 aromatic heterocycles. The predicted molar refractivity (Wildman–Crippen MR) is 52.1 cm³/mol. The number of rotatable bonds is 3. The monoisotopic (exact) mass is 195 g/mol. The van der Waals surface area contributed by atoms with E-state index in [-0.39, 0.29) is 5.97 Å². The largest absolute Gasteiger partial charge is 0.497 e. The molecule has 0 unspecified atom stereocenters. The number of hydroxylamine groups is 2. The molecule has 4 heteroatoms. The van der Waals surface area contributed by atoms with Crippen molar-refractivity contribution in [3.8, 4) is 5.75 Å². The molecule has 0 spiro atoms. The highest BCUT2D eigenvalue weighted by atomic mass is 16.7. The molecule has 76 valence electrons. The molecule has 0 aliphatic rings. The molecule has 0 heterocycles. The maximum Gasteiger partial charge on any atom is 0.356 e. The van der Waals surface area contributed by atoms with Crippen molar-refractivity contribution in [3.63, 3.8) is 0 Å². The summed E-state index contributed by atoms with van der Waals surface area (Å²) in [6.07, 6.45) is 0. The maximum atomic E-state index is 11.4. The van der Waals surface area contributed by atoms with Crippen LogP contribution in [0.25, 0.3) is 0 Å². The summed E-state index contributed by atoms with van der Waals surface area (Å²) in [6.45, 7) is 0. The van der Waals surface area contributed by atoms with E-state index in [1.54, 1.807) is 45.5 Å². The summed E-state index contributed by atoms with van der Waals surface area (Å²) >= 11 is 0. The molecule has 0 radical (unpaired) electrons. The van der Waals surface area contributed by atoms with E-state index in [0.717, 1.165) is 0 Å². The molecule has 1 aromatic carbocycles. The number of hydrogen-bond acceptors (Lipinski definition) is 4. The number of carbonyl (C=O) groups is 1. The molecule has 0 N–H and O–H groups in total. The van der Waals surface area contributed by atoms with Gasteiger partial charge in [0.05, 0.1) is 12.7 Å². The Balaban J connectivity index is 2.71. The molecule has 1 rings (SSSR count). The zero-order valence-electron chi connectivity index (χ0n) is 8.48. The quantitative estimate of drug-likeness (QED) is 0.682. The van der Waals surface area contributed by atoms with E-state index in [1.165, 1.54) is 5.06 Å². The molecule has 4 nitrogen and oxygen atoms in total. The highest BCUT2D eigenvalue weighted by Gasteiger charge is 2.07. The Morgan fingerprint density at radius 1 is 1.21 bits per heavy atom. The van der Waals surface area contributed by atoms with Gasteiger partial charge < -0.3 is 9.57 Å². The summed E-state index contributed by atoms with van der Waals surface area (Å²) in [5.41, 5.74) is 0.500. The van der Waals surface area contributed by atoms with Crippen molar-refractivity contribution in [2.24, 2.45) is 0 Å². The van der Waals surface area contributed by atoms with Crippen LogP contribution in [0, 0.1) is 0 Å². The molecule has 0 amide bonds. The maximum absolute atomic E-state index is 11.4. The zero-order chi connectivity index (χ0) is 10.6. The van der Waals surface area contributed by atoms with Gasteiger partial charge in [-0.25, -0.2) is 4.79 Å². The van der Waals surface area contributed by atoms with E-state index in [4.69, 9.17) is 9.57 Å². The highest BCUT2D eigenvalue weighted by Crippen LogP contribution is 2.12. The molecular formula is C10H13NO3. The molecule has 0 saturated carbocycles. The number of ether oxygens (including phenoxy) is 1. The van der Waals surface area contributed by atoms with Crippen molar-refractivity contribution < 1.29 is 14.4 Å². The van der Waals surface area contributed by atoms with Crippen molar-refractivity contribution in [1.29, 1.82) is 0 Å². The Bertz CT molecular complexity index is 306. The first-order chi connectivity index (χ1) is 6.63. The van der Waals surface area contributed by atoms with Crippen LogP contribution in [0.15, 0.2) is 24.3 Å². The van der Waals surface area contributed by atoms with Gasteiger partial charge in [0.25, 0.3) is 0 Å². The molecular weight excluding hydrogens is 182 g/mol. The first-order valence-corrected chi connectivity index (χ1v) is 4.17. The van der Waals surface area contributed by atoms with E-state index >= 15 is 0 Å². The lowest BCUT2D eigenvalue weighted by Crippen LogP contribution is -2.18. The van der Waals surface area contributed by atoms with Crippen LogP contribution in [-0.2, 0) is 4.84 Å². The second kappa shape index (κ2) is 4.62. The first kappa shape index (κ1) is 10.5. The minimum atomic E-state index is -0.377. The van der Waals surface area contributed by atoms with Crippen LogP contribution in [0.3, 0.4) is 0 Å². The lowest BCUT2D eigenvalue weighted by atomic mass is 10.2. The Hall–Kier alpha value is -1.55. The molecule has 0 saturated heterocycles. The normalized spacial score (nSPS) is 10.0. The van der Waals surface area contributed by atoms with E-state index in [1.807, 2.05) is 0 Å². The third-order valence-corrected chi connectivity index (χ3v) is 1.59. The Morgan fingerprint density at radius 3 is 2.21 bits per heavy atom. The fourth-order valence-electron chi connectivity index (χ4n) is 0.946. The third-order valence-electron chi connectivity index (χ3n) is 1.59. The molecule has 0 aliphatic heterocycles. The van der Waals surface area contributed by atoms with Crippen molar-refractivity contribution in [3.05, 3.63) is 29.8 Å². The fraction of sp³-hybridized carbons (Fsp3) is 0.300. The lowest BCUT2D eigenvalue weighted by Gasteiger charge is -2.09. The van der Waals surface area contributed by atoms with E-state index in [9.17, 15) is 4.79 Å². The van der Waals surface area contributed by atoms with Crippen LogP contribution in [0.4, 0.5) is 0 Å². The average molecular weight is 195 g/mol. The van der Waals surface area contributed by atoms with Crippen LogP contribution in [0.5, 0.6) is 5.75 Å². The van der Waals surface area contributed by atoms with Crippen molar-refractivity contribution in [2.45, 2.75) is 0 Å². The van der Waals surface area contributed by atoms with E-state index in [0.29, 0.717) is 11.3 Å². The van der Waals surface area contributed by atoms with Gasteiger partial charge in [0.15, 0.2) is 0 Å². The van der Waals surface area contributed by atoms with E-state index in [2.05, 4.69) is 0 Å². The summed E-state index contributed by atoms with van der Waals surface area (Å²) in [4.78, 5) is 16.2. The van der Waals surface area contributed by atoms with Gasteiger partial charge in [-0.3, -0.25) is 0 Å². The van der Waals surface area contributed by atoms with Crippen molar-refractivity contribution >= 4 is 5.97 Å². The summed E-state index contributed by atoms with van der Waals surface area (Å²) in [6, 6.07) is 6.74. The van der Waals surface area contributed by atoms with Crippen molar-refractivity contribution in [1.82, 2.24) is 5.06 Å². The van der Waals surface area contributed by atoms with Gasteiger partial charge >= 0.3 is 5.97 Å². The molecule has 0 bridgehead atoms. The molecule has 0 atom stereocenters. The summed E-state index contributed by atoms with van der Waals surface area (Å²) < 4.78 is 4.97. The summed E-state index contributed by atoms with van der Waals surface area (Å²) in [7, 11) is 4.88. The Kier molecular flexibility index (Phi) is 3.48. The number of carbonyl (C=O) groups excluding carboxylic acids is 1. The van der Waals surface area contributed by atoms with Crippen LogP contribution < -0.4 is 4.74 Å². The smallest absolute Gasteiger partial charge is 0.356 e. The lowest BCUT2D eigenvalue weighted by molar-refractivity contribution is -0.0713. The SMILES string of the molecule is COc1ccc(C(=O)ON(C)C)cc1. The molecule has 0 fully saturated rings. The summed E-state index contributed by atoms with van der Waals surface area (Å²) in [5.74, 6) is 0.337. The standard InChI is InChI=1S/C10H13NO3/c1-11(2)14-10(12)8-4-6-9(13-3)7-5-8/h4-7H,1-3H3. The minimum Gasteiger partial charge on any atom is -0.497 e. The second-order valence-corrected chi connectivity index (χ2v) is 2.92. The topological polar surface area (TPSA) is 38.8 Å². The highest BCUT2D eigenvalue weighted by molar-refractivity contribution is 5.89. The minimum absolute atomic E-state index is 0.377. The van der Waals surface area contributed by atoms with Gasteiger partial charge in [0, 0.05) is 14.1 Å². The zero-order valence-corrected chi connectivity index (χ0v) is 8.48. The van der Waals surface area contributed by atoms with Gasteiger partial charge in [-0.2, -0.15) is 0 Å².